The molecule has 0 heterocycles. The van der Waals surface area contributed by atoms with Crippen molar-refractivity contribution in [1.82, 2.24) is 16.0 Å². The fourth-order valence-electron chi connectivity index (χ4n) is 2.02. The second-order valence-electron chi connectivity index (χ2n) is 6.44. The average Bonchev–Trinajstić information content (AvgIpc) is 2.66. The summed E-state index contributed by atoms with van der Waals surface area (Å²) in [6, 6.07) is -4.91. The van der Waals surface area contributed by atoms with E-state index in [1.165, 1.54) is 6.92 Å². The second-order valence-corrected chi connectivity index (χ2v) is 7.68. The number of aliphatic hydroxyl groups is 1. The molecule has 0 radical (unpaired) electrons. The Bertz CT molecular complexity index is 627. The molecule has 0 bridgehead atoms. The molecule has 14 heteroatoms. The van der Waals surface area contributed by atoms with E-state index < -0.39 is 68.8 Å². The van der Waals surface area contributed by atoms with Gasteiger partial charge in [-0.2, -0.15) is 0 Å². The highest BCUT2D eigenvalue weighted by molar-refractivity contribution is 7.46. The highest BCUT2D eigenvalue weighted by Crippen LogP contribution is 2.35. The Hall–Kier alpha value is -1.89. The van der Waals surface area contributed by atoms with Crippen molar-refractivity contribution in [3.05, 3.63) is 0 Å². The Morgan fingerprint density at radius 1 is 1.10 bits per heavy atom. The Balaban J connectivity index is 5.45. The van der Waals surface area contributed by atoms with E-state index in [2.05, 4.69) is 20.5 Å². The van der Waals surface area contributed by atoms with Gasteiger partial charge in [-0.05, 0) is 12.8 Å². The van der Waals surface area contributed by atoms with Crippen molar-refractivity contribution in [3.63, 3.8) is 0 Å². The summed E-state index contributed by atoms with van der Waals surface area (Å²) in [6.45, 7) is 3.21. The lowest BCUT2D eigenvalue weighted by molar-refractivity contribution is -0.134. The van der Waals surface area contributed by atoms with E-state index in [4.69, 9.17) is 20.6 Å². The van der Waals surface area contributed by atoms with Gasteiger partial charge < -0.3 is 41.4 Å². The third-order valence-electron chi connectivity index (χ3n) is 3.94. The van der Waals surface area contributed by atoms with Gasteiger partial charge in [0.05, 0.1) is 19.3 Å². The summed E-state index contributed by atoms with van der Waals surface area (Å²) in [4.78, 5) is 65.3. The largest absolute Gasteiger partial charge is 0.469 e. The summed E-state index contributed by atoms with van der Waals surface area (Å²) in [7, 11) is -4.95. The van der Waals surface area contributed by atoms with Crippen molar-refractivity contribution < 1.29 is 43.2 Å². The molecule has 0 fully saturated rings. The molecule has 0 aliphatic rings. The zero-order valence-corrected chi connectivity index (χ0v) is 17.3. The quantitative estimate of drug-likeness (QED) is 0.115. The number of rotatable bonds is 13. The molecule has 0 spiro atoms. The van der Waals surface area contributed by atoms with Crippen LogP contribution in [0, 0.1) is 5.92 Å². The molecular formula is C15H29N4O9P. The van der Waals surface area contributed by atoms with Crippen LogP contribution in [0.25, 0.3) is 0 Å². The lowest BCUT2D eigenvalue weighted by atomic mass is 9.97. The first kappa shape index (κ1) is 27.1. The van der Waals surface area contributed by atoms with Crippen molar-refractivity contribution in [2.75, 3.05) is 13.2 Å². The van der Waals surface area contributed by atoms with E-state index in [1.54, 1.807) is 13.8 Å². The molecule has 13 nitrogen and oxygen atoms in total. The number of amides is 3. The molecule has 5 atom stereocenters. The van der Waals surface area contributed by atoms with Gasteiger partial charge in [-0.15, -0.1) is 0 Å². The lowest BCUT2D eigenvalue weighted by Gasteiger charge is -2.27. The van der Waals surface area contributed by atoms with Crippen LogP contribution >= 0.6 is 7.82 Å². The minimum absolute atomic E-state index is 0.412. The van der Waals surface area contributed by atoms with Crippen LogP contribution in [0.15, 0.2) is 0 Å². The maximum atomic E-state index is 12.7. The number of phosphoric acid groups is 1. The molecule has 0 aromatic heterocycles. The summed E-state index contributed by atoms with van der Waals surface area (Å²) < 4.78 is 15.2. The van der Waals surface area contributed by atoms with Crippen LogP contribution < -0.4 is 21.7 Å². The van der Waals surface area contributed by atoms with Gasteiger partial charge >= 0.3 is 7.82 Å². The molecule has 29 heavy (non-hydrogen) atoms. The maximum absolute atomic E-state index is 12.7. The number of hydrogen-bond donors (Lipinski definition) is 7. The molecule has 0 aliphatic carbocycles. The summed E-state index contributed by atoms with van der Waals surface area (Å²) in [5, 5.41) is 15.8. The van der Waals surface area contributed by atoms with Crippen LogP contribution in [0.4, 0.5) is 0 Å². The fourth-order valence-corrected chi connectivity index (χ4v) is 2.36. The van der Waals surface area contributed by atoms with E-state index in [0.29, 0.717) is 12.7 Å². The van der Waals surface area contributed by atoms with Crippen molar-refractivity contribution in [2.24, 2.45) is 11.7 Å². The number of carbonyl (C=O) groups excluding carboxylic acids is 4. The molecule has 0 saturated carbocycles. The summed E-state index contributed by atoms with van der Waals surface area (Å²) >= 11 is 0. The monoisotopic (exact) mass is 440 g/mol. The molecule has 0 aliphatic heterocycles. The first-order valence-corrected chi connectivity index (χ1v) is 10.3. The highest BCUT2D eigenvalue weighted by atomic mass is 31.2. The Morgan fingerprint density at radius 3 is 2.14 bits per heavy atom. The van der Waals surface area contributed by atoms with Gasteiger partial charge in [0.25, 0.3) is 0 Å². The Kier molecular flexibility index (Phi) is 11.8. The van der Waals surface area contributed by atoms with Gasteiger partial charge in [0.2, 0.25) is 17.7 Å². The predicted octanol–water partition coefficient (Wildman–Crippen LogP) is -2.87. The minimum Gasteiger partial charge on any atom is -0.394 e. The number of phosphoric ester groups is 1. The van der Waals surface area contributed by atoms with Gasteiger partial charge in [0.15, 0.2) is 0 Å². The fraction of sp³-hybridized carbons (Fsp3) is 0.733. The Morgan fingerprint density at radius 2 is 1.69 bits per heavy atom. The highest BCUT2D eigenvalue weighted by Gasteiger charge is 2.32. The first-order chi connectivity index (χ1) is 13.4. The van der Waals surface area contributed by atoms with E-state index in [-0.39, 0.29) is 0 Å². The van der Waals surface area contributed by atoms with Crippen molar-refractivity contribution in [2.45, 2.75) is 51.4 Å². The van der Waals surface area contributed by atoms with E-state index in [0.717, 1.165) is 0 Å². The maximum Gasteiger partial charge on any atom is 0.469 e. The number of hydrogen-bond acceptors (Lipinski definition) is 8. The van der Waals surface area contributed by atoms with E-state index in [1.807, 2.05) is 0 Å². The van der Waals surface area contributed by atoms with Gasteiger partial charge in [0, 0.05) is 0 Å². The average molecular weight is 440 g/mol. The van der Waals surface area contributed by atoms with Gasteiger partial charge in [0.1, 0.15) is 24.4 Å². The lowest BCUT2D eigenvalue weighted by Crippen LogP contribution is -2.59. The number of aliphatic hydroxyl groups excluding tert-OH is 1. The zero-order chi connectivity index (χ0) is 22.8. The second kappa shape index (κ2) is 12.6. The normalized spacial score (nSPS) is 16.7. The van der Waals surface area contributed by atoms with Crippen molar-refractivity contribution >= 4 is 31.8 Å². The third kappa shape index (κ3) is 10.5. The number of nitrogens with one attached hydrogen (secondary N) is 3. The first-order valence-electron chi connectivity index (χ1n) is 8.79. The summed E-state index contributed by atoms with van der Waals surface area (Å²) in [5.74, 6) is -2.97. The third-order valence-corrected chi connectivity index (χ3v) is 4.43. The standard InChI is InChI=1S/C15H29N4O9P/c1-4-8(2)12(19-13(22)10(16)6-21)15(24)18-11(7-28-29(25,26)27)14(23)17-9(3)5-20/h5,8-12,21H,4,6-7,16H2,1-3H3,(H,17,23)(H,18,24)(H,19,22)(H2,25,26,27)/t8-,9-,10-,11-,12-/m0/s1. The molecule has 0 saturated heterocycles. The zero-order valence-electron chi connectivity index (χ0n) is 16.4. The van der Waals surface area contributed by atoms with Gasteiger partial charge in [-0.3, -0.25) is 18.9 Å². The Labute approximate surface area is 168 Å². The molecule has 0 aromatic carbocycles. The van der Waals surface area contributed by atoms with Crippen LogP contribution in [-0.4, -0.2) is 76.3 Å². The van der Waals surface area contributed by atoms with E-state index >= 15 is 0 Å². The molecule has 0 rings (SSSR count). The molecule has 168 valence electrons. The predicted molar refractivity (Wildman–Crippen MR) is 100 cm³/mol. The summed E-state index contributed by atoms with van der Waals surface area (Å²) in [6.07, 6.45) is 0.865. The van der Waals surface area contributed by atoms with Crippen LogP contribution in [0.3, 0.4) is 0 Å². The van der Waals surface area contributed by atoms with Crippen LogP contribution in [0.2, 0.25) is 0 Å². The van der Waals surface area contributed by atoms with Crippen LogP contribution in [0.5, 0.6) is 0 Å². The van der Waals surface area contributed by atoms with Gasteiger partial charge in [-0.25, -0.2) is 4.57 Å². The van der Waals surface area contributed by atoms with Gasteiger partial charge in [-0.1, -0.05) is 20.3 Å². The SMILES string of the molecule is CC[C@H](C)[C@H](NC(=O)[C@@H](N)CO)C(=O)N[C@@H](COP(=O)(O)O)C(=O)N[C@@H](C)C=O. The minimum atomic E-state index is -4.95. The molecule has 0 aromatic rings. The van der Waals surface area contributed by atoms with Crippen molar-refractivity contribution in [1.29, 1.82) is 0 Å². The summed E-state index contributed by atoms with van der Waals surface area (Å²) in [5.41, 5.74) is 5.42. The van der Waals surface area contributed by atoms with Crippen molar-refractivity contribution in [3.8, 4) is 0 Å². The molecule has 0 unspecified atom stereocenters. The van der Waals surface area contributed by atoms with E-state index in [9.17, 15) is 23.7 Å². The molecule has 3 amide bonds. The van der Waals surface area contributed by atoms with Crippen LogP contribution in [-0.2, 0) is 28.3 Å². The number of aldehydes is 1. The number of nitrogens with two attached hydrogens (primary N) is 1. The smallest absolute Gasteiger partial charge is 0.394 e. The van der Waals surface area contributed by atoms with Crippen LogP contribution in [0.1, 0.15) is 27.2 Å². The topological polar surface area (TPSA) is 217 Å². The molecular weight excluding hydrogens is 411 g/mol. The number of carbonyl (C=O) groups is 4. The molecule has 8 N–H and O–H groups in total.